The van der Waals surface area contributed by atoms with Gasteiger partial charge in [-0.3, -0.25) is 0 Å². The van der Waals surface area contributed by atoms with Crippen LogP contribution in [0.2, 0.25) is 5.02 Å². The van der Waals surface area contributed by atoms with E-state index in [0.29, 0.717) is 5.78 Å². The molecule has 0 unspecified atom stereocenters. The summed E-state index contributed by atoms with van der Waals surface area (Å²) in [5.41, 5.74) is 2.03. The zero-order chi connectivity index (χ0) is 11.0. The number of fused-ring (bicyclic) bond motifs is 1. The molecule has 5 heteroatoms. The van der Waals surface area contributed by atoms with Crippen LogP contribution in [-0.4, -0.2) is 19.6 Å². The molecule has 1 aromatic carbocycles. The van der Waals surface area contributed by atoms with Crippen LogP contribution < -0.4 is 0 Å². The molecule has 2 aromatic heterocycles. The number of aromatic nitrogens is 4. The number of hydrogen-bond donors (Lipinski definition) is 0. The predicted molar refractivity (Wildman–Crippen MR) is 61.2 cm³/mol. The zero-order valence-corrected chi connectivity index (χ0v) is 8.96. The number of hydrogen-bond acceptors (Lipinski definition) is 3. The fraction of sp³-hybridized carbons (Fsp3) is 0. The van der Waals surface area contributed by atoms with Crippen molar-refractivity contribution in [3.8, 4) is 11.1 Å². The van der Waals surface area contributed by atoms with E-state index in [4.69, 9.17) is 11.6 Å². The molecule has 0 spiro atoms. The Labute approximate surface area is 96.5 Å². The maximum Gasteiger partial charge on any atom is 0.252 e. The molecule has 3 aromatic rings. The molecule has 0 aliphatic heterocycles. The Morgan fingerprint density at radius 2 is 1.81 bits per heavy atom. The van der Waals surface area contributed by atoms with E-state index < -0.39 is 0 Å². The van der Waals surface area contributed by atoms with E-state index in [2.05, 4.69) is 15.1 Å². The summed E-state index contributed by atoms with van der Waals surface area (Å²) in [4.78, 5) is 8.18. The molecule has 0 fully saturated rings. The van der Waals surface area contributed by atoms with Gasteiger partial charge in [-0.15, -0.1) is 0 Å². The van der Waals surface area contributed by atoms with Gasteiger partial charge < -0.3 is 0 Å². The molecule has 0 N–H and O–H groups in total. The number of benzene rings is 1. The third kappa shape index (κ3) is 1.53. The highest BCUT2D eigenvalue weighted by Gasteiger charge is 2.01. The van der Waals surface area contributed by atoms with Crippen LogP contribution >= 0.6 is 11.6 Å². The summed E-state index contributed by atoms with van der Waals surface area (Å²) in [6.45, 7) is 0. The Morgan fingerprint density at radius 1 is 1.00 bits per heavy atom. The first kappa shape index (κ1) is 9.30. The summed E-state index contributed by atoms with van der Waals surface area (Å²) in [5.74, 6) is 0.595. The van der Waals surface area contributed by atoms with Gasteiger partial charge in [-0.25, -0.2) is 9.50 Å². The smallest absolute Gasteiger partial charge is 0.219 e. The molecular weight excluding hydrogens is 224 g/mol. The van der Waals surface area contributed by atoms with Crippen LogP contribution in [0.15, 0.2) is 43.0 Å². The monoisotopic (exact) mass is 230 g/mol. The van der Waals surface area contributed by atoms with Gasteiger partial charge in [0, 0.05) is 23.0 Å². The van der Waals surface area contributed by atoms with Gasteiger partial charge in [0.1, 0.15) is 6.33 Å². The van der Waals surface area contributed by atoms with Gasteiger partial charge in [-0.05, 0) is 17.7 Å². The SMILES string of the molecule is Clc1ccc(-c2cnc3ncnn3c2)cc1. The van der Waals surface area contributed by atoms with E-state index in [0.717, 1.165) is 16.1 Å². The van der Waals surface area contributed by atoms with E-state index in [1.165, 1.54) is 6.33 Å². The maximum atomic E-state index is 5.83. The van der Waals surface area contributed by atoms with Crippen LogP contribution in [0, 0.1) is 0 Å². The topological polar surface area (TPSA) is 43.1 Å². The molecule has 78 valence electrons. The molecule has 0 atom stereocenters. The molecule has 0 saturated heterocycles. The van der Waals surface area contributed by atoms with E-state index in [1.54, 1.807) is 10.7 Å². The van der Waals surface area contributed by atoms with Crippen LogP contribution in [0.25, 0.3) is 16.9 Å². The van der Waals surface area contributed by atoms with Crippen LogP contribution in [0.5, 0.6) is 0 Å². The number of halogens is 1. The lowest BCUT2D eigenvalue weighted by atomic mass is 10.1. The second kappa shape index (κ2) is 3.57. The Kier molecular flexibility index (Phi) is 2.08. The molecule has 16 heavy (non-hydrogen) atoms. The first-order valence-corrected chi connectivity index (χ1v) is 5.12. The Morgan fingerprint density at radius 3 is 2.62 bits per heavy atom. The van der Waals surface area contributed by atoms with Crippen molar-refractivity contribution in [1.29, 1.82) is 0 Å². The Balaban J connectivity index is 2.14. The van der Waals surface area contributed by atoms with Crippen molar-refractivity contribution in [2.24, 2.45) is 0 Å². The highest BCUT2D eigenvalue weighted by molar-refractivity contribution is 6.30. The standard InChI is InChI=1S/C11H7ClN4/c12-10-3-1-8(2-4-10)9-5-13-11-14-7-15-16(11)6-9/h1-7H. The van der Waals surface area contributed by atoms with E-state index in [9.17, 15) is 0 Å². The summed E-state index contributed by atoms with van der Waals surface area (Å²) < 4.78 is 1.64. The molecule has 0 aliphatic carbocycles. The quantitative estimate of drug-likeness (QED) is 0.645. The van der Waals surface area contributed by atoms with E-state index in [-0.39, 0.29) is 0 Å². The molecule has 0 radical (unpaired) electrons. The Hall–Kier alpha value is -1.94. The first-order chi connectivity index (χ1) is 7.83. The molecule has 0 saturated carbocycles. The van der Waals surface area contributed by atoms with Crippen molar-refractivity contribution in [2.45, 2.75) is 0 Å². The van der Waals surface area contributed by atoms with Gasteiger partial charge >= 0.3 is 0 Å². The molecule has 0 amide bonds. The molecule has 4 nitrogen and oxygen atoms in total. The minimum Gasteiger partial charge on any atom is -0.219 e. The molecular formula is C11H7ClN4. The normalized spacial score (nSPS) is 10.8. The lowest BCUT2D eigenvalue weighted by Crippen LogP contribution is -1.91. The molecule has 0 aliphatic rings. The minimum absolute atomic E-state index is 0.595. The molecule has 3 rings (SSSR count). The molecule has 0 bridgehead atoms. The second-order valence-corrected chi connectivity index (χ2v) is 3.79. The summed E-state index contributed by atoms with van der Waals surface area (Å²) in [5, 5.41) is 4.76. The van der Waals surface area contributed by atoms with Crippen LogP contribution in [-0.2, 0) is 0 Å². The minimum atomic E-state index is 0.595. The van der Waals surface area contributed by atoms with Gasteiger partial charge in [0.2, 0.25) is 0 Å². The fourth-order valence-corrected chi connectivity index (χ4v) is 1.64. The van der Waals surface area contributed by atoms with Crippen LogP contribution in [0.4, 0.5) is 0 Å². The highest BCUT2D eigenvalue weighted by atomic mass is 35.5. The van der Waals surface area contributed by atoms with Gasteiger partial charge in [0.05, 0.1) is 0 Å². The van der Waals surface area contributed by atoms with Crippen LogP contribution in [0.3, 0.4) is 0 Å². The molecule has 2 heterocycles. The third-order valence-electron chi connectivity index (χ3n) is 2.31. The van der Waals surface area contributed by atoms with Crippen LogP contribution in [0.1, 0.15) is 0 Å². The second-order valence-electron chi connectivity index (χ2n) is 3.35. The maximum absolute atomic E-state index is 5.83. The number of nitrogens with zero attached hydrogens (tertiary/aromatic N) is 4. The van der Waals surface area contributed by atoms with E-state index >= 15 is 0 Å². The Bertz CT molecular complexity index is 630. The van der Waals surface area contributed by atoms with Crippen molar-refractivity contribution in [1.82, 2.24) is 19.6 Å². The van der Waals surface area contributed by atoms with Crippen molar-refractivity contribution in [2.75, 3.05) is 0 Å². The lowest BCUT2D eigenvalue weighted by molar-refractivity contribution is 0.941. The first-order valence-electron chi connectivity index (χ1n) is 4.74. The van der Waals surface area contributed by atoms with Crippen molar-refractivity contribution >= 4 is 17.4 Å². The average molecular weight is 231 g/mol. The van der Waals surface area contributed by atoms with E-state index in [1.807, 2.05) is 30.5 Å². The van der Waals surface area contributed by atoms with Gasteiger partial charge in [-0.2, -0.15) is 10.1 Å². The average Bonchev–Trinajstić information content (AvgIpc) is 2.77. The summed E-state index contributed by atoms with van der Waals surface area (Å²) in [6.07, 6.45) is 5.14. The fourth-order valence-electron chi connectivity index (χ4n) is 1.51. The van der Waals surface area contributed by atoms with Gasteiger partial charge in [0.15, 0.2) is 0 Å². The zero-order valence-electron chi connectivity index (χ0n) is 8.21. The summed E-state index contributed by atoms with van der Waals surface area (Å²) in [7, 11) is 0. The van der Waals surface area contributed by atoms with Gasteiger partial charge in [0.25, 0.3) is 5.78 Å². The van der Waals surface area contributed by atoms with Gasteiger partial charge in [-0.1, -0.05) is 23.7 Å². The predicted octanol–water partition coefficient (Wildman–Crippen LogP) is 2.44. The van der Waals surface area contributed by atoms with Crippen molar-refractivity contribution in [3.63, 3.8) is 0 Å². The summed E-state index contributed by atoms with van der Waals surface area (Å²) in [6, 6.07) is 7.59. The summed E-state index contributed by atoms with van der Waals surface area (Å²) >= 11 is 5.83. The number of rotatable bonds is 1. The third-order valence-corrected chi connectivity index (χ3v) is 2.56. The largest absolute Gasteiger partial charge is 0.252 e. The lowest BCUT2D eigenvalue weighted by Gasteiger charge is -2.01. The highest BCUT2D eigenvalue weighted by Crippen LogP contribution is 2.20. The van der Waals surface area contributed by atoms with Crippen molar-refractivity contribution < 1.29 is 0 Å². The van der Waals surface area contributed by atoms with Crippen molar-refractivity contribution in [3.05, 3.63) is 48.0 Å².